The van der Waals surface area contributed by atoms with Gasteiger partial charge in [-0.05, 0) is 37.6 Å². The number of nitrogens with zero attached hydrogens (tertiary/aromatic N) is 3. The second kappa shape index (κ2) is 8.96. The van der Waals surface area contributed by atoms with E-state index in [0.717, 1.165) is 13.0 Å². The molecule has 2 N–H and O–H groups in total. The minimum atomic E-state index is -0.753. The molecule has 168 valence electrons. The van der Waals surface area contributed by atoms with Crippen LogP contribution in [0.5, 0.6) is 0 Å². The highest BCUT2D eigenvalue weighted by Gasteiger charge is 2.35. The van der Waals surface area contributed by atoms with Crippen molar-refractivity contribution in [1.82, 2.24) is 25.1 Å². The van der Waals surface area contributed by atoms with Crippen LogP contribution in [0.25, 0.3) is 11.4 Å². The fourth-order valence-corrected chi connectivity index (χ4v) is 3.98. The molecule has 0 spiro atoms. The van der Waals surface area contributed by atoms with Gasteiger partial charge in [-0.3, -0.25) is 9.59 Å². The molecule has 3 rings (SSSR count). The summed E-state index contributed by atoms with van der Waals surface area (Å²) in [5.41, 5.74) is 0.624. The summed E-state index contributed by atoms with van der Waals surface area (Å²) in [6.07, 6.45) is 0.832. The summed E-state index contributed by atoms with van der Waals surface area (Å²) in [6.45, 7) is 7.55. The molecule has 1 aliphatic heterocycles. The summed E-state index contributed by atoms with van der Waals surface area (Å²) in [7, 11) is 3.50. The molecular weight excluding hydrogens is 421 g/mol. The van der Waals surface area contributed by atoms with Crippen molar-refractivity contribution >= 4 is 23.4 Å². The molecule has 0 fully saturated rings. The van der Waals surface area contributed by atoms with Crippen LogP contribution in [0.1, 0.15) is 43.4 Å². The van der Waals surface area contributed by atoms with E-state index in [1.165, 1.54) is 13.1 Å². The van der Waals surface area contributed by atoms with Crippen LogP contribution in [0.2, 0.25) is 5.02 Å². The molecule has 1 atom stereocenters. The third kappa shape index (κ3) is 4.75. The Kier molecular flexibility index (Phi) is 6.71. The minimum Gasteiger partial charge on any atom is -0.357 e. The average molecular weight is 450 g/mol. The quantitative estimate of drug-likeness (QED) is 0.751. The zero-order valence-electron chi connectivity index (χ0n) is 18.6. The number of nitrogens with one attached hydrogen (secondary N) is 2. The highest BCUT2D eigenvalue weighted by Crippen LogP contribution is 2.31. The molecule has 7 nitrogen and oxygen atoms in total. The van der Waals surface area contributed by atoms with Gasteiger partial charge in [-0.2, -0.15) is 0 Å². The molecule has 31 heavy (non-hydrogen) atoms. The van der Waals surface area contributed by atoms with Crippen LogP contribution >= 0.6 is 11.6 Å². The summed E-state index contributed by atoms with van der Waals surface area (Å²) < 4.78 is 16.7. The molecule has 1 aromatic heterocycles. The highest BCUT2D eigenvalue weighted by molar-refractivity contribution is 6.31. The number of imidazole rings is 1. The molecule has 0 unspecified atom stereocenters. The first-order valence-corrected chi connectivity index (χ1v) is 10.7. The monoisotopic (exact) mass is 449 g/mol. The van der Waals surface area contributed by atoms with E-state index in [9.17, 15) is 14.0 Å². The molecule has 2 aromatic rings. The number of hydrogen-bond donors (Lipinski definition) is 2. The number of amides is 2. The molecule has 0 bridgehead atoms. The maximum absolute atomic E-state index is 14.8. The molecule has 2 heterocycles. The number of fused-ring (bicyclic) bond motifs is 1. The molecule has 0 radical (unpaired) electrons. The van der Waals surface area contributed by atoms with E-state index in [0.29, 0.717) is 24.6 Å². The first-order valence-electron chi connectivity index (χ1n) is 10.3. The van der Waals surface area contributed by atoms with Crippen LogP contribution < -0.4 is 10.6 Å². The van der Waals surface area contributed by atoms with Crippen LogP contribution in [0.3, 0.4) is 0 Å². The van der Waals surface area contributed by atoms with Gasteiger partial charge < -0.3 is 20.1 Å². The second-order valence-corrected chi connectivity index (χ2v) is 9.37. The molecule has 0 saturated carbocycles. The molecular formula is C22H29ClFN5O2. The predicted octanol–water partition coefficient (Wildman–Crippen LogP) is 3.07. The van der Waals surface area contributed by atoms with Gasteiger partial charge in [0.2, 0.25) is 5.91 Å². The number of halogens is 2. The van der Waals surface area contributed by atoms with Crippen molar-refractivity contribution in [3.63, 3.8) is 0 Å². The van der Waals surface area contributed by atoms with Gasteiger partial charge >= 0.3 is 0 Å². The zero-order chi connectivity index (χ0) is 22.9. The van der Waals surface area contributed by atoms with Crippen molar-refractivity contribution in [1.29, 1.82) is 0 Å². The molecule has 0 aliphatic carbocycles. The third-order valence-corrected chi connectivity index (χ3v) is 5.76. The number of rotatable bonds is 4. The Balaban J connectivity index is 2.10. The molecule has 1 aromatic carbocycles. The molecule has 1 aliphatic rings. The van der Waals surface area contributed by atoms with Gasteiger partial charge in [0.15, 0.2) is 11.5 Å². The van der Waals surface area contributed by atoms with Gasteiger partial charge in [0.05, 0.1) is 16.3 Å². The number of hydrogen-bond acceptors (Lipinski definition) is 4. The first-order chi connectivity index (χ1) is 14.5. The van der Waals surface area contributed by atoms with Crippen LogP contribution in [0.4, 0.5) is 4.39 Å². The lowest BCUT2D eigenvalue weighted by Gasteiger charge is -2.29. The van der Waals surface area contributed by atoms with E-state index in [2.05, 4.69) is 20.5 Å². The third-order valence-electron chi connectivity index (χ3n) is 5.47. The Labute approximate surface area is 187 Å². The van der Waals surface area contributed by atoms with Crippen molar-refractivity contribution in [2.75, 3.05) is 20.6 Å². The lowest BCUT2D eigenvalue weighted by Crippen LogP contribution is -2.53. The zero-order valence-corrected chi connectivity index (χ0v) is 19.3. The van der Waals surface area contributed by atoms with Gasteiger partial charge in [0, 0.05) is 20.1 Å². The average Bonchev–Trinajstić information content (AvgIpc) is 2.92. The summed E-state index contributed by atoms with van der Waals surface area (Å²) >= 11 is 6.00. The predicted molar refractivity (Wildman–Crippen MR) is 118 cm³/mol. The maximum Gasteiger partial charge on any atom is 0.272 e. The number of aromatic nitrogens is 2. The Hall–Kier alpha value is -2.45. The smallest absolute Gasteiger partial charge is 0.272 e. The molecule has 9 heteroatoms. The van der Waals surface area contributed by atoms with E-state index in [-0.39, 0.29) is 22.2 Å². The Morgan fingerprint density at radius 1 is 1.26 bits per heavy atom. The lowest BCUT2D eigenvalue weighted by atomic mass is 9.86. The second-order valence-electron chi connectivity index (χ2n) is 8.96. The summed E-state index contributed by atoms with van der Waals surface area (Å²) in [5.74, 6) is -0.956. The van der Waals surface area contributed by atoms with E-state index in [1.54, 1.807) is 12.1 Å². The summed E-state index contributed by atoms with van der Waals surface area (Å²) in [5, 5.41) is 5.43. The van der Waals surface area contributed by atoms with E-state index < -0.39 is 23.2 Å². The topological polar surface area (TPSA) is 79.3 Å². The normalized spacial score (nSPS) is 15.7. The summed E-state index contributed by atoms with van der Waals surface area (Å²) in [4.78, 5) is 32.4. The number of carbonyl (C=O) groups is 2. The SMILES string of the molecule is CNC(=O)[C@@H](NC(=O)c1nc(-c2cccc(Cl)c2F)n2c1CN(C)CCC2)C(C)(C)C. The van der Waals surface area contributed by atoms with Gasteiger partial charge in [0.25, 0.3) is 5.91 Å². The van der Waals surface area contributed by atoms with Gasteiger partial charge in [-0.15, -0.1) is 0 Å². The molecule has 0 saturated heterocycles. The lowest BCUT2D eigenvalue weighted by molar-refractivity contribution is -0.124. The van der Waals surface area contributed by atoms with Crippen LogP contribution in [0.15, 0.2) is 18.2 Å². The van der Waals surface area contributed by atoms with Gasteiger partial charge in [-0.1, -0.05) is 38.4 Å². The van der Waals surface area contributed by atoms with Gasteiger partial charge in [0.1, 0.15) is 11.9 Å². The van der Waals surface area contributed by atoms with Crippen molar-refractivity contribution in [3.8, 4) is 11.4 Å². The van der Waals surface area contributed by atoms with Crippen molar-refractivity contribution in [2.45, 2.75) is 46.3 Å². The van der Waals surface area contributed by atoms with Crippen molar-refractivity contribution in [2.24, 2.45) is 5.41 Å². The van der Waals surface area contributed by atoms with Crippen molar-refractivity contribution in [3.05, 3.63) is 40.4 Å². The van der Waals surface area contributed by atoms with Gasteiger partial charge in [-0.25, -0.2) is 9.37 Å². The van der Waals surface area contributed by atoms with Crippen LogP contribution in [-0.2, 0) is 17.9 Å². The maximum atomic E-state index is 14.8. The fraction of sp³-hybridized carbons (Fsp3) is 0.500. The van der Waals surface area contributed by atoms with Crippen molar-refractivity contribution < 1.29 is 14.0 Å². The highest BCUT2D eigenvalue weighted by atomic mass is 35.5. The standard InChI is InChI=1S/C22H29ClFN5O2/c1-22(2,3)18(21(31)25-4)27-20(30)17-15-12-28(5)10-7-11-29(15)19(26-17)13-8-6-9-14(23)16(13)24/h6,8-9,18H,7,10-12H2,1-5H3,(H,25,31)(H,27,30)/t18-/m1/s1. The van der Waals surface area contributed by atoms with Crippen LogP contribution in [0, 0.1) is 11.2 Å². The Morgan fingerprint density at radius 3 is 2.61 bits per heavy atom. The summed E-state index contributed by atoms with van der Waals surface area (Å²) in [6, 6.07) is 3.99. The molecule has 2 amide bonds. The van der Waals surface area contributed by atoms with Crippen LogP contribution in [-0.4, -0.2) is 52.9 Å². The van der Waals surface area contributed by atoms with E-state index >= 15 is 0 Å². The largest absolute Gasteiger partial charge is 0.357 e. The van der Waals surface area contributed by atoms with E-state index in [4.69, 9.17) is 11.6 Å². The van der Waals surface area contributed by atoms with E-state index in [1.807, 2.05) is 32.4 Å². The number of likely N-dealkylation sites (N-methyl/N-ethyl adjacent to an activating group) is 1. The number of carbonyl (C=O) groups excluding carboxylic acids is 2. The first kappa shape index (κ1) is 23.2. The fourth-order valence-electron chi connectivity index (χ4n) is 3.80. The number of benzene rings is 1. The minimum absolute atomic E-state index is 0.000921. The Bertz CT molecular complexity index is 999. The Morgan fingerprint density at radius 2 is 1.97 bits per heavy atom.